The summed E-state index contributed by atoms with van der Waals surface area (Å²) in [6.07, 6.45) is 10.5. The molecule has 1 amide bonds. The molecule has 0 aromatic heterocycles. The molecular weight excluding hydrogens is 565 g/mol. The van der Waals surface area contributed by atoms with Gasteiger partial charge in [0, 0.05) is 25.5 Å². The molecule has 0 bridgehead atoms. The average Bonchev–Trinajstić information content (AvgIpc) is 3.00. The fourth-order valence-corrected chi connectivity index (χ4v) is 11.8. The molecule has 5 aliphatic carbocycles. The van der Waals surface area contributed by atoms with Crippen molar-refractivity contribution in [3.05, 3.63) is 47.5 Å². The first-order valence-corrected chi connectivity index (χ1v) is 17.6. The molecule has 0 aliphatic heterocycles. The highest BCUT2D eigenvalue weighted by Gasteiger charge is 2.71. The molecule has 10 atom stereocenters. The molecule has 4 fully saturated rings. The van der Waals surface area contributed by atoms with E-state index in [2.05, 4.69) is 83.3 Å². The van der Waals surface area contributed by atoms with Gasteiger partial charge in [0.15, 0.2) is 0 Å². The van der Waals surface area contributed by atoms with Crippen molar-refractivity contribution in [2.45, 2.75) is 124 Å². The second-order valence-corrected chi connectivity index (χ2v) is 17.2. The van der Waals surface area contributed by atoms with Crippen molar-refractivity contribution in [1.29, 1.82) is 0 Å². The Morgan fingerprint density at radius 1 is 0.889 bits per heavy atom. The maximum atomic E-state index is 17.4. The third kappa shape index (κ3) is 4.89. The third-order valence-corrected chi connectivity index (χ3v) is 14.5. The first-order chi connectivity index (χ1) is 21.2. The molecule has 0 radical (unpaired) electrons. The number of amides is 1. The molecule has 1 aromatic carbocycles. The van der Waals surface area contributed by atoms with Gasteiger partial charge in [-0.05, 0) is 96.8 Å². The van der Waals surface area contributed by atoms with E-state index in [1.807, 2.05) is 0 Å². The van der Waals surface area contributed by atoms with Crippen LogP contribution in [0.1, 0.15) is 105 Å². The van der Waals surface area contributed by atoms with Gasteiger partial charge in [-0.2, -0.15) is 0 Å². The number of allylic oxidation sites excluding steroid dienone is 2. The number of rotatable bonds is 7. The molecule has 2 unspecified atom stereocenters. The topological polar surface area (TPSA) is 56.8 Å². The van der Waals surface area contributed by atoms with Crippen molar-refractivity contribution < 1.29 is 23.4 Å². The van der Waals surface area contributed by atoms with E-state index in [9.17, 15) is 4.79 Å². The molecule has 0 spiro atoms. The van der Waals surface area contributed by atoms with Crippen molar-refractivity contribution in [2.24, 2.45) is 44.8 Å². The Labute approximate surface area is 271 Å². The van der Waals surface area contributed by atoms with Crippen LogP contribution in [0.2, 0.25) is 0 Å². The first kappa shape index (κ1) is 33.2. The lowest BCUT2D eigenvalue weighted by atomic mass is 9.34. The minimum absolute atomic E-state index is 0.00532. The highest BCUT2D eigenvalue weighted by Crippen LogP contribution is 2.75. The van der Waals surface area contributed by atoms with Crippen LogP contribution in [0.5, 0.6) is 0 Å². The molecule has 250 valence electrons. The second-order valence-electron chi connectivity index (χ2n) is 17.2. The molecular formula is C39H58FNO4. The van der Waals surface area contributed by atoms with Crippen LogP contribution < -0.4 is 5.32 Å². The number of halogens is 1. The summed E-state index contributed by atoms with van der Waals surface area (Å²) < 4.78 is 35.4. The zero-order valence-electron chi connectivity index (χ0n) is 29.1. The van der Waals surface area contributed by atoms with E-state index >= 15 is 4.39 Å². The number of benzene rings is 1. The number of ether oxygens (including phenoxy) is 3. The van der Waals surface area contributed by atoms with Crippen molar-refractivity contribution in [1.82, 2.24) is 5.32 Å². The molecule has 6 heteroatoms. The van der Waals surface area contributed by atoms with Gasteiger partial charge in [0.2, 0.25) is 5.67 Å². The van der Waals surface area contributed by atoms with Crippen LogP contribution in [0.3, 0.4) is 0 Å². The summed E-state index contributed by atoms with van der Waals surface area (Å²) >= 11 is 0. The molecule has 0 saturated heterocycles. The van der Waals surface area contributed by atoms with E-state index in [0.717, 1.165) is 38.5 Å². The van der Waals surface area contributed by atoms with Crippen LogP contribution in [0.4, 0.5) is 4.39 Å². The number of hydrogen-bond acceptors (Lipinski definition) is 4. The van der Waals surface area contributed by atoms with Gasteiger partial charge < -0.3 is 19.5 Å². The van der Waals surface area contributed by atoms with E-state index in [4.69, 9.17) is 14.2 Å². The average molecular weight is 624 g/mol. The Kier molecular flexibility index (Phi) is 8.43. The van der Waals surface area contributed by atoms with Gasteiger partial charge in [-0.1, -0.05) is 83.5 Å². The maximum absolute atomic E-state index is 17.4. The van der Waals surface area contributed by atoms with Crippen LogP contribution in [0, 0.1) is 44.8 Å². The molecule has 0 heterocycles. The summed E-state index contributed by atoms with van der Waals surface area (Å²) in [7, 11) is 3.10. The van der Waals surface area contributed by atoms with E-state index in [-0.39, 0.29) is 40.0 Å². The zero-order chi connectivity index (χ0) is 32.5. The molecule has 5 nitrogen and oxygen atoms in total. The van der Waals surface area contributed by atoms with Crippen LogP contribution in [0.15, 0.2) is 42.0 Å². The quantitative estimate of drug-likeness (QED) is 0.245. The minimum Gasteiger partial charge on any atom is -0.373 e. The summed E-state index contributed by atoms with van der Waals surface area (Å²) in [4.78, 5) is 13.4. The Bertz CT molecular complexity index is 1300. The van der Waals surface area contributed by atoms with Crippen LogP contribution in [-0.4, -0.2) is 44.7 Å². The number of carbonyl (C=O) groups is 1. The molecule has 1 aromatic rings. The fourth-order valence-electron chi connectivity index (χ4n) is 11.8. The van der Waals surface area contributed by atoms with Crippen molar-refractivity contribution in [2.75, 3.05) is 21.0 Å². The zero-order valence-corrected chi connectivity index (χ0v) is 29.1. The highest BCUT2D eigenvalue weighted by atomic mass is 19.1. The van der Waals surface area contributed by atoms with Gasteiger partial charge in [-0.3, -0.25) is 4.79 Å². The second kappa shape index (κ2) is 11.4. The van der Waals surface area contributed by atoms with Gasteiger partial charge in [0.05, 0.1) is 12.7 Å². The number of alkyl halides is 1. The van der Waals surface area contributed by atoms with Crippen molar-refractivity contribution >= 4 is 5.91 Å². The molecule has 5 aliphatic rings. The predicted molar refractivity (Wildman–Crippen MR) is 176 cm³/mol. The maximum Gasteiger partial charge on any atom is 0.260 e. The van der Waals surface area contributed by atoms with Crippen LogP contribution in [-0.2, 0) is 25.6 Å². The Morgan fingerprint density at radius 3 is 2.31 bits per heavy atom. The van der Waals surface area contributed by atoms with Gasteiger partial charge in [-0.25, -0.2) is 4.39 Å². The number of nitrogens with one attached hydrogen (secondary N) is 1. The van der Waals surface area contributed by atoms with E-state index < -0.39 is 23.6 Å². The number of fused-ring (bicyclic) bond motifs is 7. The van der Waals surface area contributed by atoms with Crippen molar-refractivity contribution in [3.8, 4) is 0 Å². The lowest BCUT2D eigenvalue weighted by Gasteiger charge is -2.71. The van der Waals surface area contributed by atoms with Crippen LogP contribution >= 0.6 is 0 Å². The summed E-state index contributed by atoms with van der Waals surface area (Å²) in [6, 6.07) is 10.6. The summed E-state index contributed by atoms with van der Waals surface area (Å²) in [5.74, 6) is -0.170. The smallest absolute Gasteiger partial charge is 0.260 e. The third-order valence-electron chi connectivity index (χ3n) is 14.5. The van der Waals surface area contributed by atoms with Crippen LogP contribution in [0.25, 0.3) is 0 Å². The van der Waals surface area contributed by atoms with E-state index in [1.54, 1.807) is 19.7 Å². The van der Waals surface area contributed by atoms with Gasteiger partial charge in [-0.15, -0.1) is 0 Å². The Morgan fingerprint density at radius 2 is 1.62 bits per heavy atom. The standard InChI is InChI=1S/C39H58FNO4/c1-34(2)22-28-27-14-15-29-36(4)18-17-31(45-25-43-8)39(40,33(42)41-7)30(36)16-19-38(29,6)37(27,5)21-20-35(28,3)32(23-34)44-24-26-12-10-9-11-13-26/h9-14,28-32H,15-25H2,1-8H3,(H,41,42)/t28-,29?,30?,31-,32+,35+,36+,37+,38+,39-/m0/s1. The molecule has 1 N–H and O–H groups in total. The lowest BCUT2D eigenvalue weighted by molar-refractivity contribution is -0.235. The highest BCUT2D eigenvalue weighted by molar-refractivity contribution is 5.86. The monoisotopic (exact) mass is 623 g/mol. The van der Waals surface area contributed by atoms with Gasteiger partial charge in [0.1, 0.15) is 12.9 Å². The van der Waals surface area contributed by atoms with E-state index in [0.29, 0.717) is 31.3 Å². The summed E-state index contributed by atoms with van der Waals surface area (Å²) in [5.41, 5.74) is 0.831. The SMILES string of the molecule is CNC(=O)[C@]1(F)C2CC[C@]3(C)C(CC=C4[C@@H]5CC(C)(C)C[C@@H](OCc6ccccc6)[C@]5(C)CC[C@]43C)[C@@]2(C)CC[C@@H]1OCOC. The van der Waals surface area contributed by atoms with E-state index in [1.165, 1.54) is 12.0 Å². The Balaban J connectivity index is 1.34. The number of methoxy groups -OCH3 is 1. The number of carbonyl (C=O) groups excluding carboxylic acids is 1. The molecule has 6 rings (SSSR count). The molecule has 4 saturated carbocycles. The number of hydrogen-bond donors (Lipinski definition) is 1. The van der Waals surface area contributed by atoms with Gasteiger partial charge >= 0.3 is 0 Å². The van der Waals surface area contributed by atoms with Crippen molar-refractivity contribution in [3.63, 3.8) is 0 Å². The largest absolute Gasteiger partial charge is 0.373 e. The summed E-state index contributed by atoms with van der Waals surface area (Å²) in [6.45, 7) is 15.4. The first-order valence-electron chi connectivity index (χ1n) is 17.6. The normalized spacial score (nSPS) is 45.3. The van der Waals surface area contributed by atoms with Gasteiger partial charge in [0.25, 0.3) is 5.91 Å². The predicted octanol–water partition coefficient (Wildman–Crippen LogP) is 8.42. The molecule has 45 heavy (non-hydrogen) atoms. The minimum atomic E-state index is -2.08. The summed E-state index contributed by atoms with van der Waals surface area (Å²) in [5, 5.41) is 2.68. The Hall–Kier alpha value is -1.76. The lowest BCUT2D eigenvalue weighted by Crippen LogP contribution is -2.69. The fraction of sp³-hybridized carbons (Fsp3) is 0.769.